The Morgan fingerprint density at radius 3 is 2.32 bits per heavy atom. The summed E-state index contributed by atoms with van der Waals surface area (Å²) in [6.07, 6.45) is -3.51. The molecule has 1 aromatic heterocycles. The van der Waals surface area contributed by atoms with Gasteiger partial charge < -0.3 is 9.47 Å². The highest BCUT2D eigenvalue weighted by atomic mass is 35.5. The van der Waals surface area contributed by atoms with E-state index in [1.807, 2.05) is 30.8 Å². The summed E-state index contributed by atoms with van der Waals surface area (Å²) in [5.41, 5.74) is 1.29. The number of aryl methyl sites for hydroxylation is 1. The summed E-state index contributed by atoms with van der Waals surface area (Å²) in [5, 5.41) is 5.03. The van der Waals surface area contributed by atoms with Crippen LogP contribution < -0.4 is 4.74 Å². The third-order valence-corrected chi connectivity index (χ3v) is 6.11. The van der Waals surface area contributed by atoms with Crippen LogP contribution in [-0.4, -0.2) is 39.9 Å². The van der Waals surface area contributed by atoms with Crippen molar-refractivity contribution in [2.45, 2.75) is 65.5 Å². The molecule has 0 saturated carbocycles. The van der Waals surface area contributed by atoms with E-state index < -0.39 is 23.3 Å². The molecule has 0 radical (unpaired) electrons. The number of esters is 1. The zero-order chi connectivity index (χ0) is 28.1. The fourth-order valence-electron chi connectivity index (χ4n) is 3.95. The van der Waals surface area contributed by atoms with Gasteiger partial charge in [0.05, 0.1) is 28.6 Å². The molecule has 0 aliphatic rings. The molecule has 0 atom stereocenters. The third-order valence-electron chi connectivity index (χ3n) is 5.82. The van der Waals surface area contributed by atoms with Crippen molar-refractivity contribution in [3.05, 3.63) is 70.4 Å². The average molecular weight is 552 g/mol. The molecule has 0 bridgehead atoms. The van der Waals surface area contributed by atoms with Gasteiger partial charge in [-0.3, -0.25) is 9.58 Å². The van der Waals surface area contributed by atoms with Crippen molar-refractivity contribution in [2.75, 3.05) is 13.7 Å². The first-order valence-electron chi connectivity index (χ1n) is 12.4. The van der Waals surface area contributed by atoms with Crippen molar-refractivity contribution in [3.8, 4) is 17.0 Å². The highest BCUT2D eigenvalue weighted by molar-refractivity contribution is 6.32. The Hall–Kier alpha value is -3.04. The Morgan fingerprint density at radius 1 is 1.05 bits per heavy atom. The van der Waals surface area contributed by atoms with Crippen LogP contribution in [0.4, 0.5) is 13.2 Å². The van der Waals surface area contributed by atoms with Gasteiger partial charge in [0, 0.05) is 25.2 Å². The lowest BCUT2D eigenvalue weighted by Gasteiger charge is -2.25. The highest BCUT2D eigenvalue weighted by Crippen LogP contribution is 2.32. The molecule has 3 aromatic rings. The number of rotatable bonds is 11. The van der Waals surface area contributed by atoms with E-state index in [1.165, 1.54) is 12.1 Å². The molecule has 0 amide bonds. The second-order valence-corrected chi connectivity index (χ2v) is 10.00. The molecule has 2 aromatic carbocycles. The van der Waals surface area contributed by atoms with Gasteiger partial charge >= 0.3 is 12.1 Å². The van der Waals surface area contributed by atoms with Crippen molar-refractivity contribution in [3.63, 3.8) is 0 Å². The summed E-state index contributed by atoms with van der Waals surface area (Å²) < 4.78 is 51.6. The quantitative estimate of drug-likeness (QED) is 0.240. The van der Waals surface area contributed by atoms with Gasteiger partial charge in [-0.2, -0.15) is 18.3 Å². The Balaban J connectivity index is 1.72. The molecule has 0 N–H and O–H groups in total. The van der Waals surface area contributed by atoms with Crippen LogP contribution in [0.3, 0.4) is 0 Å². The number of hydrogen-bond donors (Lipinski definition) is 0. The molecule has 206 valence electrons. The maximum absolute atomic E-state index is 12.9. The molecular formula is C28H33ClF3N3O3. The van der Waals surface area contributed by atoms with Crippen molar-refractivity contribution in [1.29, 1.82) is 0 Å². The molecule has 10 heteroatoms. The van der Waals surface area contributed by atoms with Crippen LogP contribution in [0.15, 0.2) is 48.5 Å². The molecule has 0 unspecified atom stereocenters. The van der Waals surface area contributed by atoms with Gasteiger partial charge in [0.1, 0.15) is 5.75 Å². The fraction of sp³-hybridized carbons (Fsp3) is 0.429. The minimum absolute atomic E-state index is 0.258. The fourth-order valence-corrected chi connectivity index (χ4v) is 4.19. The Labute approximate surface area is 226 Å². The molecule has 38 heavy (non-hydrogen) atoms. The number of carbonyl (C=O) groups excluding carboxylic acids is 1. The van der Waals surface area contributed by atoms with Gasteiger partial charge in [-0.1, -0.05) is 36.7 Å². The number of benzene rings is 2. The molecule has 6 nitrogen and oxygen atoms in total. The van der Waals surface area contributed by atoms with Crippen LogP contribution in [0.2, 0.25) is 5.02 Å². The van der Waals surface area contributed by atoms with Crippen LogP contribution in [0.25, 0.3) is 11.3 Å². The molecule has 0 aliphatic heterocycles. The number of nitrogens with zero attached hydrogens (tertiary/aromatic N) is 3. The predicted molar refractivity (Wildman–Crippen MR) is 141 cm³/mol. The molecule has 0 spiro atoms. The van der Waals surface area contributed by atoms with Crippen LogP contribution in [0.5, 0.6) is 5.75 Å². The SMILES string of the molecule is CCCn1nc(-c2ccc(C(F)(F)F)cc2)cc1CN(C)Cc1ccc(OC(C)(C)C(=O)OCC)c(Cl)c1. The lowest BCUT2D eigenvalue weighted by Crippen LogP contribution is -2.39. The number of carbonyl (C=O) groups is 1. The monoisotopic (exact) mass is 551 g/mol. The normalized spacial score (nSPS) is 12.2. The van der Waals surface area contributed by atoms with E-state index in [4.69, 9.17) is 21.1 Å². The summed E-state index contributed by atoms with van der Waals surface area (Å²) in [6.45, 7) is 9.13. The zero-order valence-electron chi connectivity index (χ0n) is 22.2. The Bertz CT molecular complexity index is 1240. The number of halogens is 4. The Kier molecular flexibility index (Phi) is 9.49. The topological polar surface area (TPSA) is 56.6 Å². The van der Waals surface area contributed by atoms with E-state index in [9.17, 15) is 18.0 Å². The van der Waals surface area contributed by atoms with Gasteiger partial charge in [0.25, 0.3) is 0 Å². The maximum Gasteiger partial charge on any atom is 0.416 e. The van der Waals surface area contributed by atoms with Gasteiger partial charge in [-0.15, -0.1) is 0 Å². The van der Waals surface area contributed by atoms with Gasteiger partial charge in [-0.05, 0) is 70.1 Å². The van der Waals surface area contributed by atoms with E-state index in [2.05, 4.69) is 10.00 Å². The van der Waals surface area contributed by atoms with Gasteiger partial charge in [0.15, 0.2) is 5.60 Å². The van der Waals surface area contributed by atoms with Crippen molar-refractivity contribution >= 4 is 17.6 Å². The smallest absolute Gasteiger partial charge is 0.416 e. The standard InChI is InChI=1S/C28H33ClF3N3O3/c1-6-14-35-22(16-24(33-35)20-9-11-21(12-10-20)28(30,31)32)18-34(5)17-19-8-13-25(23(29)15-19)38-27(3,4)26(36)37-7-2/h8-13,15-16H,6-7,14,17-18H2,1-5H3. The summed E-state index contributed by atoms with van der Waals surface area (Å²) in [4.78, 5) is 14.2. The van der Waals surface area contributed by atoms with Crippen LogP contribution in [0, 0.1) is 0 Å². The van der Waals surface area contributed by atoms with Gasteiger partial charge in [0.2, 0.25) is 0 Å². The van der Waals surface area contributed by atoms with Crippen LogP contribution >= 0.6 is 11.6 Å². The number of hydrogen-bond acceptors (Lipinski definition) is 5. The summed E-state index contributed by atoms with van der Waals surface area (Å²) in [6, 6.07) is 12.4. The molecule has 0 saturated heterocycles. The molecule has 1 heterocycles. The van der Waals surface area contributed by atoms with Crippen molar-refractivity contribution in [1.82, 2.24) is 14.7 Å². The van der Waals surface area contributed by atoms with Gasteiger partial charge in [-0.25, -0.2) is 4.79 Å². The van der Waals surface area contributed by atoms with Crippen molar-refractivity contribution in [2.24, 2.45) is 0 Å². The lowest BCUT2D eigenvalue weighted by molar-refractivity contribution is -0.158. The summed E-state index contributed by atoms with van der Waals surface area (Å²) in [5.74, 6) is -0.0856. The summed E-state index contributed by atoms with van der Waals surface area (Å²) in [7, 11) is 1.96. The van der Waals surface area contributed by atoms with E-state index in [-0.39, 0.29) is 6.61 Å². The van der Waals surface area contributed by atoms with Crippen LogP contribution in [0.1, 0.15) is 50.9 Å². The second kappa shape index (κ2) is 12.2. The first-order chi connectivity index (χ1) is 17.8. The molecular weight excluding hydrogens is 519 g/mol. The summed E-state index contributed by atoms with van der Waals surface area (Å²) >= 11 is 6.46. The molecule has 0 aliphatic carbocycles. The average Bonchev–Trinajstić information content (AvgIpc) is 3.22. The Morgan fingerprint density at radius 2 is 1.74 bits per heavy atom. The third kappa shape index (κ3) is 7.51. The first-order valence-corrected chi connectivity index (χ1v) is 12.8. The molecule has 0 fully saturated rings. The van der Waals surface area contributed by atoms with E-state index in [0.717, 1.165) is 29.8 Å². The van der Waals surface area contributed by atoms with E-state index >= 15 is 0 Å². The minimum Gasteiger partial charge on any atom is -0.475 e. The minimum atomic E-state index is -4.38. The molecule has 3 rings (SSSR count). The second-order valence-electron chi connectivity index (χ2n) is 9.59. The lowest BCUT2D eigenvalue weighted by atomic mass is 10.1. The number of alkyl halides is 3. The highest BCUT2D eigenvalue weighted by Gasteiger charge is 2.32. The van der Waals surface area contributed by atoms with Crippen molar-refractivity contribution < 1.29 is 27.4 Å². The number of aromatic nitrogens is 2. The first kappa shape index (κ1) is 29.5. The maximum atomic E-state index is 12.9. The predicted octanol–water partition coefficient (Wildman–Crippen LogP) is 6.98. The number of ether oxygens (including phenoxy) is 2. The van der Waals surface area contributed by atoms with E-state index in [1.54, 1.807) is 32.9 Å². The largest absolute Gasteiger partial charge is 0.475 e. The van der Waals surface area contributed by atoms with Crippen LogP contribution in [-0.2, 0) is 35.3 Å². The zero-order valence-corrected chi connectivity index (χ0v) is 23.0. The van der Waals surface area contributed by atoms with E-state index in [0.29, 0.717) is 41.7 Å².